The summed E-state index contributed by atoms with van der Waals surface area (Å²) in [6, 6.07) is 7.90. The van der Waals surface area contributed by atoms with Gasteiger partial charge in [0, 0.05) is 30.2 Å². The van der Waals surface area contributed by atoms with Gasteiger partial charge >= 0.3 is 0 Å². The molecule has 4 nitrogen and oxygen atoms in total. The molecule has 24 heavy (non-hydrogen) atoms. The molecular formula is C18H28Cl2N2O2. The van der Waals surface area contributed by atoms with E-state index >= 15 is 0 Å². The van der Waals surface area contributed by atoms with Gasteiger partial charge in [-0.1, -0.05) is 37.1 Å². The number of nitrogens with two attached hydrogens (primary N) is 1. The lowest BCUT2D eigenvalue weighted by molar-refractivity contribution is -0.126. The van der Waals surface area contributed by atoms with E-state index in [4.69, 9.17) is 22.1 Å². The number of hydrogen-bond acceptors (Lipinski definition) is 3. The Hall–Kier alpha value is -0.810. The average molecular weight is 375 g/mol. The molecule has 1 saturated heterocycles. The molecule has 1 atom stereocenters. The van der Waals surface area contributed by atoms with Crippen LogP contribution in [0.2, 0.25) is 5.02 Å². The van der Waals surface area contributed by atoms with Gasteiger partial charge in [0.25, 0.3) is 0 Å². The molecule has 6 heteroatoms. The van der Waals surface area contributed by atoms with Crippen LogP contribution in [0.15, 0.2) is 24.3 Å². The Bertz CT molecular complexity index is 526. The van der Waals surface area contributed by atoms with Crippen LogP contribution in [0.5, 0.6) is 0 Å². The lowest BCUT2D eigenvalue weighted by Crippen LogP contribution is -2.55. The maximum atomic E-state index is 12.4. The van der Waals surface area contributed by atoms with Crippen molar-refractivity contribution in [3.63, 3.8) is 0 Å². The van der Waals surface area contributed by atoms with E-state index in [1.807, 2.05) is 31.2 Å². The lowest BCUT2D eigenvalue weighted by atomic mass is 9.74. The third-order valence-electron chi connectivity index (χ3n) is 4.78. The third-order valence-corrected chi connectivity index (χ3v) is 5.03. The summed E-state index contributed by atoms with van der Waals surface area (Å²) in [5.74, 6) is -0.0841. The lowest BCUT2D eigenvalue weighted by Gasteiger charge is -2.38. The molecule has 0 aliphatic carbocycles. The highest BCUT2D eigenvalue weighted by Gasteiger charge is 2.36. The van der Waals surface area contributed by atoms with Gasteiger partial charge in [-0.25, -0.2) is 0 Å². The van der Waals surface area contributed by atoms with Gasteiger partial charge < -0.3 is 15.8 Å². The monoisotopic (exact) mass is 374 g/mol. The molecule has 2 rings (SSSR count). The molecule has 1 unspecified atom stereocenters. The number of amides is 1. The molecule has 1 aromatic rings. The Labute approximate surface area is 155 Å². The molecule has 1 amide bonds. The van der Waals surface area contributed by atoms with Crippen LogP contribution >= 0.6 is 24.0 Å². The van der Waals surface area contributed by atoms with Crippen molar-refractivity contribution in [3.05, 3.63) is 34.9 Å². The van der Waals surface area contributed by atoms with E-state index in [0.29, 0.717) is 26.2 Å². The van der Waals surface area contributed by atoms with E-state index in [-0.39, 0.29) is 23.7 Å². The van der Waals surface area contributed by atoms with E-state index in [1.165, 1.54) is 5.56 Å². The number of rotatable bonds is 6. The molecule has 136 valence electrons. The zero-order valence-corrected chi connectivity index (χ0v) is 16.0. The average Bonchev–Trinajstić information content (AvgIpc) is 2.54. The molecule has 1 fully saturated rings. The first-order valence-electron chi connectivity index (χ1n) is 8.31. The Kier molecular flexibility index (Phi) is 8.00. The van der Waals surface area contributed by atoms with Gasteiger partial charge in [-0.15, -0.1) is 12.4 Å². The summed E-state index contributed by atoms with van der Waals surface area (Å²) in [6.07, 6.45) is 3.32. The van der Waals surface area contributed by atoms with Gasteiger partial charge in [0.05, 0.1) is 5.54 Å². The van der Waals surface area contributed by atoms with Crippen LogP contribution in [0.1, 0.15) is 45.1 Å². The standard InChI is InChI=1S/C18H27ClN2O2.ClH/c1-3-8-17(2,20)16(22)21-13-18(9-11-23-12-10-18)14-4-6-15(19)7-5-14;/h4-7H,3,8-13,20H2,1-2H3,(H,21,22);1H. The van der Waals surface area contributed by atoms with Crippen LogP contribution in [-0.2, 0) is 14.9 Å². The highest BCUT2D eigenvalue weighted by Crippen LogP contribution is 2.35. The predicted octanol–water partition coefficient (Wildman–Crippen LogP) is 3.44. The third kappa shape index (κ3) is 5.09. The van der Waals surface area contributed by atoms with Gasteiger partial charge in [0.1, 0.15) is 0 Å². The molecule has 0 spiro atoms. The highest BCUT2D eigenvalue weighted by atomic mass is 35.5. The van der Waals surface area contributed by atoms with Crippen molar-refractivity contribution in [2.45, 2.75) is 50.5 Å². The van der Waals surface area contributed by atoms with Crippen molar-refractivity contribution in [1.29, 1.82) is 0 Å². The van der Waals surface area contributed by atoms with Crippen LogP contribution in [0.25, 0.3) is 0 Å². The number of benzene rings is 1. The SMILES string of the molecule is CCCC(C)(N)C(=O)NCC1(c2ccc(Cl)cc2)CCOCC1.Cl. The first kappa shape index (κ1) is 21.2. The molecule has 1 aromatic carbocycles. The quantitative estimate of drug-likeness (QED) is 0.801. The summed E-state index contributed by atoms with van der Waals surface area (Å²) in [7, 11) is 0. The molecule has 1 aliphatic heterocycles. The molecule has 1 aliphatic rings. The van der Waals surface area contributed by atoms with Crippen LogP contribution < -0.4 is 11.1 Å². The molecule has 0 aromatic heterocycles. The van der Waals surface area contributed by atoms with Crippen molar-refractivity contribution in [2.75, 3.05) is 19.8 Å². The maximum Gasteiger partial charge on any atom is 0.239 e. The van der Waals surface area contributed by atoms with E-state index in [2.05, 4.69) is 5.32 Å². The largest absolute Gasteiger partial charge is 0.381 e. The Morgan fingerprint density at radius 1 is 1.33 bits per heavy atom. The van der Waals surface area contributed by atoms with Gasteiger partial charge in [-0.05, 0) is 43.9 Å². The first-order valence-corrected chi connectivity index (χ1v) is 8.68. The summed E-state index contributed by atoms with van der Waals surface area (Å²) in [6.45, 7) is 5.81. The topological polar surface area (TPSA) is 64.4 Å². The molecule has 0 bridgehead atoms. The molecule has 0 radical (unpaired) electrons. The van der Waals surface area contributed by atoms with E-state index in [0.717, 1.165) is 24.3 Å². The zero-order chi connectivity index (χ0) is 16.9. The number of halogens is 2. The minimum absolute atomic E-state index is 0. The van der Waals surface area contributed by atoms with E-state index in [9.17, 15) is 4.79 Å². The zero-order valence-electron chi connectivity index (χ0n) is 14.4. The molecule has 1 heterocycles. The maximum absolute atomic E-state index is 12.4. The Morgan fingerprint density at radius 2 is 1.92 bits per heavy atom. The smallest absolute Gasteiger partial charge is 0.239 e. The van der Waals surface area contributed by atoms with E-state index < -0.39 is 5.54 Å². The fraction of sp³-hybridized carbons (Fsp3) is 0.611. The number of hydrogen-bond donors (Lipinski definition) is 2. The number of carbonyl (C=O) groups is 1. The summed E-state index contributed by atoms with van der Waals surface area (Å²) >= 11 is 6.01. The molecular weight excluding hydrogens is 347 g/mol. The summed E-state index contributed by atoms with van der Waals surface area (Å²) in [4.78, 5) is 12.4. The van der Waals surface area contributed by atoms with Gasteiger partial charge in [0.15, 0.2) is 0 Å². The fourth-order valence-corrected chi connectivity index (χ4v) is 3.34. The summed E-state index contributed by atoms with van der Waals surface area (Å²) < 4.78 is 5.52. The van der Waals surface area contributed by atoms with E-state index in [1.54, 1.807) is 6.92 Å². The van der Waals surface area contributed by atoms with Crippen LogP contribution in [-0.4, -0.2) is 31.2 Å². The minimum Gasteiger partial charge on any atom is -0.381 e. The normalized spacial score (nSPS) is 19.0. The van der Waals surface area contributed by atoms with Crippen LogP contribution in [0, 0.1) is 0 Å². The highest BCUT2D eigenvalue weighted by molar-refractivity contribution is 6.30. The number of nitrogens with one attached hydrogen (secondary N) is 1. The molecule has 3 N–H and O–H groups in total. The fourth-order valence-electron chi connectivity index (χ4n) is 3.22. The van der Waals surface area contributed by atoms with Gasteiger partial charge in [-0.2, -0.15) is 0 Å². The first-order chi connectivity index (χ1) is 10.9. The van der Waals surface area contributed by atoms with Crippen LogP contribution in [0.3, 0.4) is 0 Å². The summed E-state index contributed by atoms with van der Waals surface area (Å²) in [5.41, 5.74) is 6.40. The summed E-state index contributed by atoms with van der Waals surface area (Å²) in [5, 5.41) is 3.80. The molecule has 0 saturated carbocycles. The van der Waals surface area contributed by atoms with Crippen molar-refractivity contribution in [1.82, 2.24) is 5.32 Å². The van der Waals surface area contributed by atoms with Crippen molar-refractivity contribution < 1.29 is 9.53 Å². The minimum atomic E-state index is -0.818. The second-order valence-electron chi connectivity index (χ2n) is 6.75. The van der Waals surface area contributed by atoms with Crippen molar-refractivity contribution in [2.24, 2.45) is 5.73 Å². The van der Waals surface area contributed by atoms with Crippen LogP contribution in [0.4, 0.5) is 0 Å². The number of ether oxygens (including phenoxy) is 1. The van der Waals surface area contributed by atoms with Gasteiger partial charge in [-0.3, -0.25) is 4.79 Å². The van der Waals surface area contributed by atoms with Crippen molar-refractivity contribution >= 4 is 29.9 Å². The Morgan fingerprint density at radius 3 is 2.46 bits per heavy atom. The predicted molar refractivity (Wildman–Crippen MR) is 101 cm³/mol. The second-order valence-corrected chi connectivity index (χ2v) is 7.19. The number of carbonyl (C=O) groups excluding carboxylic acids is 1. The second kappa shape index (κ2) is 9.04. The Balaban J connectivity index is 0.00000288. The van der Waals surface area contributed by atoms with Gasteiger partial charge in [0.2, 0.25) is 5.91 Å². The van der Waals surface area contributed by atoms with Crippen molar-refractivity contribution in [3.8, 4) is 0 Å².